The van der Waals surface area contributed by atoms with Gasteiger partial charge in [-0.25, -0.2) is 10.1 Å². The molecule has 3 nitrogen and oxygen atoms in total. The summed E-state index contributed by atoms with van der Waals surface area (Å²) in [5, 5.41) is 11.6. The van der Waals surface area contributed by atoms with Gasteiger partial charge in [-0.2, -0.15) is 0 Å². The van der Waals surface area contributed by atoms with Gasteiger partial charge in [0, 0.05) is 22.1 Å². The van der Waals surface area contributed by atoms with Crippen molar-refractivity contribution in [3.63, 3.8) is 0 Å². The number of nitriles is 1. The number of para-hydroxylation sites is 1. The number of nitrogens with zero attached hydrogens (tertiary/aromatic N) is 3. The fraction of sp³-hybridized carbons (Fsp3) is 0.0857. The zero-order chi connectivity index (χ0) is 26.0. The molecular weight excluding hydrogens is 462 g/mol. The Bertz CT molecular complexity index is 1910. The summed E-state index contributed by atoms with van der Waals surface area (Å²) in [4.78, 5) is 5.75. The van der Waals surface area contributed by atoms with Crippen LogP contribution in [0.1, 0.15) is 30.5 Å². The minimum absolute atomic E-state index is 0.0826. The van der Waals surface area contributed by atoms with Crippen molar-refractivity contribution in [3.05, 3.63) is 131 Å². The molecule has 38 heavy (non-hydrogen) atoms. The van der Waals surface area contributed by atoms with Crippen molar-refractivity contribution in [2.45, 2.75) is 19.3 Å². The van der Waals surface area contributed by atoms with Crippen molar-refractivity contribution in [1.29, 1.82) is 5.26 Å². The lowest BCUT2D eigenvalue weighted by atomic mass is 9.82. The molecule has 7 rings (SSSR count). The van der Waals surface area contributed by atoms with Crippen LogP contribution in [0.25, 0.3) is 43.9 Å². The van der Waals surface area contributed by atoms with E-state index in [0.29, 0.717) is 0 Å². The maximum Gasteiger partial charge on any atom is 0.262 e. The Morgan fingerprint density at radius 1 is 0.789 bits per heavy atom. The van der Waals surface area contributed by atoms with Gasteiger partial charge in [-0.3, -0.25) is 0 Å². The summed E-state index contributed by atoms with van der Waals surface area (Å²) in [6.45, 7) is 12.0. The second-order valence-electron chi connectivity index (χ2n) is 10.4. The van der Waals surface area contributed by atoms with E-state index in [2.05, 4.69) is 115 Å². The Hall–Kier alpha value is -5.12. The molecular formula is C35H23N3. The molecule has 178 valence electrons. The second-order valence-corrected chi connectivity index (χ2v) is 10.4. The molecule has 0 amide bonds. The molecule has 0 radical (unpaired) electrons. The number of benzene rings is 5. The smallest absolute Gasteiger partial charge is 0.262 e. The van der Waals surface area contributed by atoms with E-state index < -0.39 is 0 Å². The van der Waals surface area contributed by atoms with Gasteiger partial charge in [0.05, 0.1) is 24.0 Å². The summed E-state index contributed by atoms with van der Waals surface area (Å²) < 4.78 is 0. The van der Waals surface area contributed by atoms with Crippen molar-refractivity contribution >= 4 is 33.9 Å². The molecule has 0 spiro atoms. The molecule has 5 aromatic rings. The highest BCUT2D eigenvalue weighted by atomic mass is 15.2. The first-order valence-electron chi connectivity index (χ1n) is 12.7. The maximum atomic E-state index is 9.39. The van der Waals surface area contributed by atoms with E-state index in [0.717, 1.165) is 39.0 Å². The molecule has 0 N–H and O–H groups in total. The number of anilines is 3. The number of hydrogen-bond donors (Lipinski definition) is 0. The third-order valence-electron chi connectivity index (χ3n) is 8.08. The number of hydrogen-bond acceptors (Lipinski definition) is 2. The molecule has 2 aliphatic rings. The third kappa shape index (κ3) is 2.94. The maximum absolute atomic E-state index is 9.39. The molecule has 0 atom stereocenters. The first-order chi connectivity index (χ1) is 18.5. The molecule has 1 aliphatic carbocycles. The summed E-state index contributed by atoms with van der Waals surface area (Å²) in [5.74, 6) is 0. The van der Waals surface area contributed by atoms with E-state index in [9.17, 15) is 5.26 Å². The van der Waals surface area contributed by atoms with Crippen LogP contribution in [0, 0.1) is 17.9 Å². The lowest BCUT2D eigenvalue weighted by Gasteiger charge is -2.34. The topological polar surface area (TPSA) is 31.4 Å². The van der Waals surface area contributed by atoms with E-state index in [4.69, 9.17) is 6.57 Å². The van der Waals surface area contributed by atoms with Crippen LogP contribution in [0.3, 0.4) is 0 Å². The molecule has 5 aromatic carbocycles. The van der Waals surface area contributed by atoms with E-state index in [1.54, 1.807) is 6.08 Å². The fourth-order valence-corrected chi connectivity index (χ4v) is 6.32. The van der Waals surface area contributed by atoms with Crippen LogP contribution < -0.4 is 4.90 Å². The highest BCUT2D eigenvalue weighted by Gasteiger charge is 2.36. The van der Waals surface area contributed by atoms with Crippen LogP contribution in [0.15, 0.2) is 103 Å². The zero-order valence-corrected chi connectivity index (χ0v) is 21.2. The van der Waals surface area contributed by atoms with Crippen LogP contribution >= 0.6 is 0 Å². The zero-order valence-electron chi connectivity index (χ0n) is 21.2. The molecule has 0 bridgehead atoms. The Labute approximate surface area is 222 Å². The number of allylic oxidation sites excluding steroid dienone is 1. The van der Waals surface area contributed by atoms with Crippen molar-refractivity contribution in [1.82, 2.24) is 0 Å². The van der Waals surface area contributed by atoms with E-state index >= 15 is 0 Å². The normalized spacial score (nSPS) is 14.3. The van der Waals surface area contributed by atoms with Crippen molar-refractivity contribution in [2.75, 3.05) is 4.90 Å². The Morgan fingerprint density at radius 2 is 1.53 bits per heavy atom. The fourth-order valence-electron chi connectivity index (χ4n) is 6.32. The first kappa shape index (κ1) is 22.1. The lowest BCUT2D eigenvalue weighted by molar-refractivity contribution is 0.660. The summed E-state index contributed by atoms with van der Waals surface area (Å²) in [7, 11) is 0. The van der Waals surface area contributed by atoms with Gasteiger partial charge in [-0.15, -0.1) is 0 Å². The average molecular weight is 486 g/mol. The molecule has 0 fully saturated rings. The molecule has 1 heterocycles. The predicted molar refractivity (Wildman–Crippen MR) is 155 cm³/mol. The summed E-state index contributed by atoms with van der Waals surface area (Å²) in [5.41, 5.74) is 11.9. The quantitative estimate of drug-likeness (QED) is 0.181. The lowest BCUT2D eigenvalue weighted by Crippen LogP contribution is -2.18. The van der Waals surface area contributed by atoms with Gasteiger partial charge in [-0.05, 0) is 69.1 Å². The van der Waals surface area contributed by atoms with Gasteiger partial charge >= 0.3 is 0 Å². The van der Waals surface area contributed by atoms with E-state index in [1.165, 1.54) is 27.8 Å². The van der Waals surface area contributed by atoms with Gasteiger partial charge < -0.3 is 4.90 Å². The van der Waals surface area contributed by atoms with Gasteiger partial charge in [0.1, 0.15) is 0 Å². The summed E-state index contributed by atoms with van der Waals surface area (Å²) in [6.07, 6.45) is 1.69. The van der Waals surface area contributed by atoms with Crippen molar-refractivity contribution in [2.24, 2.45) is 0 Å². The Balaban J connectivity index is 1.50. The van der Waals surface area contributed by atoms with Crippen molar-refractivity contribution < 1.29 is 0 Å². The molecule has 0 aromatic heterocycles. The average Bonchev–Trinajstić information content (AvgIpc) is 3.19. The Morgan fingerprint density at radius 3 is 2.34 bits per heavy atom. The summed E-state index contributed by atoms with van der Waals surface area (Å²) in [6, 6.07) is 36.6. The van der Waals surface area contributed by atoms with Crippen LogP contribution in [0.2, 0.25) is 0 Å². The SMILES string of the molecule is [C-]#[N+]/C(C#N)=C\c1ccc2c3c(cccc13)-c1ccccc1N2c1ccc2c(c1)C(C)(C)c1ccccc1-2. The molecule has 0 saturated carbocycles. The Kier molecular flexibility index (Phi) is 4.62. The van der Waals surface area contributed by atoms with E-state index in [-0.39, 0.29) is 11.1 Å². The van der Waals surface area contributed by atoms with Crippen molar-refractivity contribution in [3.8, 4) is 28.3 Å². The minimum Gasteiger partial charge on any atom is -0.309 e. The minimum atomic E-state index is -0.0907. The molecule has 1 aliphatic heterocycles. The monoisotopic (exact) mass is 485 g/mol. The van der Waals surface area contributed by atoms with E-state index in [1.807, 2.05) is 12.1 Å². The third-order valence-corrected chi connectivity index (χ3v) is 8.08. The van der Waals surface area contributed by atoms with Gasteiger partial charge in [0.15, 0.2) is 0 Å². The van der Waals surface area contributed by atoms with Crippen LogP contribution in [-0.2, 0) is 5.41 Å². The molecule has 3 heteroatoms. The number of rotatable bonds is 2. The highest BCUT2D eigenvalue weighted by molar-refractivity contribution is 6.15. The standard InChI is InChI=1S/C35H23N3/c1-35(2)30-13-6-4-9-26(30)27-17-16-24(20-31(27)35)38-32-14-7-5-10-28(32)29-12-8-11-25-22(19-23(21-36)37-3)15-18-33(38)34(25)29/h4-20H,1-2H3/b23-19-. The van der Waals surface area contributed by atoms with Gasteiger partial charge in [-0.1, -0.05) is 86.6 Å². The van der Waals surface area contributed by atoms with Crippen LogP contribution in [0.5, 0.6) is 0 Å². The number of fused-ring (bicyclic) bond motifs is 5. The molecule has 0 unspecified atom stereocenters. The predicted octanol–water partition coefficient (Wildman–Crippen LogP) is 9.38. The van der Waals surface area contributed by atoms with Gasteiger partial charge in [0.2, 0.25) is 0 Å². The first-order valence-corrected chi connectivity index (χ1v) is 12.7. The van der Waals surface area contributed by atoms with Crippen LogP contribution in [0.4, 0.5) is 17.1 Å². The van der Waals surface area contributed by atoms with Gasteiger partial charge in [0.25, 0.3) is 5.70 Å². The molecule has 0 saturated heterocycles. The summed E-state index contributed by atoms with van der Waals surface area (Å²) >= 11 is 0. The second kappa shape index (κ2) is 7.94. The largest absolute Gasteiger partial charge is 0.309 e. The highest BCUT2D eigenvalue weighted by Crippen LogP contribution is 2.54. The van der Waals surface area contributed by atoms with Crippen LogP contribution in [-0.4, -0.2) is 0 Å².